The summed E-state index contributed by atoms with van der Waals surface area (Å²) < 4.78 is 0. The first-order chi connectivity index (χ1) is 19.4. The maximum atomic E-state index is 13.9. The third-order valence-electron chi connectivity index (χ3n) is 12.1. The minimum absolute atomic E-state index is 0.0785. The predicted octanol–water partition coefficient (Wildman–Crippen LogP) is 4.06. The van der Waals surface area contributed by atoms with Crippen LogP contribution >= 0.6 is 0 Å². The third kappa shape index (κ3) is 4.77. The summed E-state index contributed by atoms with van der Waals surface area (Å²) in [6.07, 6.45) is 7.77. The second kappa shape index (κ2) is 10.6. The molecule has 0 radical (unpaired) electrons. The number of carbonyl (C=O) groups is 4. The second-order valence-corrected chi connectivity index (χ2v) is 14.5. The molecule has 4 N–H and O–H groups in total. The zero-order valence-corrected chi connectivity index (χ0v) is 27.5. The summed E-state index contributed by atoms with van der Waals surface area (Å²) in [5, 5.41) is 13.7. The average molecular weight is 587 g/mol. The van der Waals surface area contributed by atoms with Crippen molar-refractivity contribution in [2.24, 2.45) is 11.8 Å². The van der Waals surface area contributed by atoms with E-state index < -0.39 is 23.1 Å². The first-order valence-corrected chi connectivity index (χ1v) is 16.0. The number of nitrogens with zero attached hydrogens (tertiary/aromatic N) is 2. The molecule has 4 fully saturated rings. The van der Waals surface area contributed by atoms with Crippen molar-refractivity contribution in [2.45, 2.75) is 141 Å². The first-order valence-electron chi connectivity index (χ1n) is 16.0. The lowest BCUT2D eigenvalue weighted by molar-refractivity contribution is -0.139. The molecule has 0 aromatic heterocycles. The SMILES string of the molecule is CCC1(C)CC2(NC(=O)N(C/C=C/CN3C(=O)NC4(CC(C)(CC)NC(C)(CC)C4C)C3=O)C2=O)C(C)C(C)(CC)N1. The maximum absolute atomic E-state index is 13.9. The molecule has 10 heteroatoms. The van der Waals surface area contributed by atoms with Crippen molar-refractivity contribution < 1.29 is 19.2 Å². The van der Waals surface area contributed by atoms with Crippen LogP contribution in [0, 0.1) is 11.8 Å². The lowest BCUT2D eigenvalue weighted by Crippen LogP contribution is -2.74. The Bertz CT molecular complexity index is 1090. The zero-order valence-electron chi connectivity index (χ0n) is 27.5. The molecule has 4 saturated heterocycles. The summed E-state index contributed by atoms with van der Waals surface area (Å²) in [6, 6.07) is -0.795. The third-order valence-corrected chi connectivity index (χ3v) is 12.1. The molecular formula is C32H54N6O4. The number of urea groups is 2. The quantitative estimate of drug-likeness (QED) is 0.251. The van der Waals surface area contributed by atoms with Gasteiger partial charge in [0, 0.05) is 47.1 Å². The van der Waals surface area contributed by atoms with Crippen molar-refractivity contribution in [1.82, 2.24) is 31.1 Å². The Balaban J connectivity index is 1.49. The molecule has 2 spiro atoms. The summed E-state index contributed by atoms with van der Waals surface area (Å²) in [4.78, 5) is 56.8. The molecule has 236 valence electrons. The molecule has 10 nitrogen and oxygen atoms in total. The molecule has 4 aliphatic rings. The minimum Gasteiger partial charge on any atom is -0.323 e. The van der Waals surface area contributed by atoms with E-state index in [1.165, 1.54) is 9.80 Å². The highest BCUT2D eigenvalue weighted by atomic mass is 16.2. The van der Waals surface area contributed by atoms with Crippen molar-refractivity contribution in [3.05, 3.63) is 12.2 Å². The molecule has 4 heterocycles. The molecule has 4 rings (SSSR count). The van der Waals surface area contributed by atoms with E-state index in [-0.39, 0.29) is 58.9 Å². The molecular weight excluding hydrogens is 532 g/mol. The van der Waals surface area contributed by atoms with Crippen molar-refractivity contribution in [3.8, 4) is 0 Å². The van der Waals surface area contributed by atoms with E-state index in [1.54, 1.807) is 12.2 Å². The minimum atomic E-state index is -0.980. The molecule has 42 heavy (non-hydrogen) atoms. The highest BCUT2D eigenvalue weighted by Gasteiger charge is 2.65. The molecule has 4 aliphatic heterocycles. The molecule has 6 amide bonds. The summed E-state index contributed by atoms with van der Waals surface area (Å²) >= 11 is 0. The van der Waals surface area contributed by atoms with Crippen molar-refractivity contribution in [2.75, 3.05) is 13.1 Å². The smallest absolute Gasteiger partial charge is 0.323 e. The maximum Gasteiger partial charge on any atom is 0.325 e. The Morgan fingerprint density at radius 3 is 1.26 bits per heavy atom. The number of imide groups is 2. The molecule has 8 atom stereocenters. The van der Waals surface area contributed by atoms with Crippen LogP contribution in [0.3, 0.4) is 0 Å². The molecule has 0 saturated carbocycles. The van der Waals surface area contributed by atoms with E-state index in [1.807, 2.05) is 13.8 Å². The van der Waals surface area contributed by atoms with Gasteiger partial charge in [0.2, 0.25) is 0 Å². The van der Waals surface area contributed by atoms with Crippen LogP contribution in [0.1, 0.15) is 108 Å². The molecule has 0 aliphatic carbocycles. The molecule has 0 bridgehead atoms. The fourth-order valence-corrected chi connectivity index (χ4v) is 8.33. The summed E-state index contributed by atoms with van der Waals surface area (Å²) in [5.74, 6) is -0.644. The van der Waals surface area contributed by atoms with Crippen LogP contribution in [0.5, 0.6) is 0 Å². The van der Waals surface area contributed by atoms with E-state index in [9.17, 15) is 19.2 Å². The van der Waals surface area contributed by atoms with Gasteiger partial charge >= 0.3 is 12.1 Å². The number of hydrogen-bond donors (Lipinski definition) is 4. The number of piperidine rings is 2. The van der Waals surface area contributed by atoms with Crippen LogP contribution in [-0.4, -0.2) is 80.0 Å². The van der Waals surface area contributed by atoms with Crippen molar-refractivity contribution >= 4 is 23.9 Å². The van der Waals surface area contributed by atoms with Crippen LogP contribution in [0.2, 0.25) is 0 Å². The summed E-state index contributed by atoms with van der Waals surface area (Å²) in [7, 11) is 0. The average Bonchev–Trinajstić information content (AvgIpc) is 3.32. The van der Waals surface area contributed by atoms with Gasteiger partial charge in [0.1, 0.15) is 11.1 Å². The Labute approximate surface area is 252 Å². The van der Waals surface area contributed by atoms with Crippen LogP contribution in [0.4, 0.5) is 9.59 Å². The van der Waals surface area contributed by atoms with Gasteiger partial charge < -0.3 is 21.3 Å². The van der Waals surface area contributed by atoms with E-state index in [2.05, 4.69) is 76.7 Å². The highest BCUT2D eigenvalue weighted by Crippen LogP contribution is 2.47. The fourth-order valence-electron chi connectivity index (χ4n) is 8.33. The van der Waals surface area contributed by atoms with Gasteiger partial charge in [-0.15, -0.1) is 0 Å². The molecule has 0 aromatic carbocycles. The topological polar surface area (TPSA) is 123 Å². The number of carbonyl (C=O) groups excluding carboxylic acids is 4. The van der Waals surface area contributed by atoms with Gasteiger partial charge in [0.05, 0.1) is 0 Å². The standard InChI is InChI=1S/C32H54N6O4/c1-11-27(7)19-31(21(5)29(9,13-3)35-27)23(39)37(25(41)33-31)17-15-16-18-38-24(40)32(34-26(38)42)20-28(8,12-2)36-30(10,14-4)22(32)6/h15-16,21-22,35-36H,11-14,17-20H2,1-10H3,(H,33,41)(H,34,42)/b16-15+. The Kier molecular flexibility index (Phi) is 8.20. The van der Waals surface area contributed by atoms with Crippen LogP contribution in [-0.2, 0) is 9.59 Å². The van der Waals surface area contributed by atoms with Crippen molar-refractivity contribution in [1.29, 1.82) is 0 Å². The lowest BCUT2D eigenvalue weighted by Gasteiger charge is -2.56. The summed E-state index contributed by atoms with van der Waals surface area (Å²) in [6.45, 7) is 21.2. The Morgan fingerprint density at radius 1 is 0.643 bits per heavy atom. The van der Waals surface area contributed by atoms with Gasteiger partial charge in [-0.3, -0.25) is 19.4 Å². The number of rotatable bonds is 8. The molecule has 0 aromatic rings. The van der Waals surface area contributed by atoms with E-state index in [0.717, 1.165) is 25.7 Å². The Hall–Kier alpha value is -2.46. The highest BCUT2D eigenvalue weighted by molar-refractivity contribution is 6.08. The number of amides is 6. The van der Waals surface area contributed by atoms with Crippen LogP contribution < -0.4 is 21.3 Å². The Morgan fingerprint density at radius 2 is 0.976 bits per heavy atom. The van der Waals surface area contributed by atoms with Crippen LogP contribution in [0.25, 0.3) is 0 Å². The van der Waals surface area contributed by atoms with Gasteiger partial charge in [0.25, 0.3) is 11.8 Å². The second-order valence-electron chi connectivity index (χ2n) is 14.5. The monoisotopic (exact) mass is 586 g/mol. The molecule has 8 unspecified atom stereocenters. The number of nitrogens with one attached hydrogen (secondary N) is 4. The number of hydrogen-bond acceptors (Lipinski definition) is 6. The van der Waals surface area contributed by atoms with Gasteiger partial charge in [0.15, 0.2) is 0 Å². The predicted molar refractivity (Wildman–Crippen MR) is 164 cm³/mol. The zero-order chi connectivity index (χ0) is 31.5. The van der Waals surface area contributed by atoms with Gasteiger partial charge in [-0.2, -0.15) is 0 Å². The lowest BCUT2D eigenvalue weighted by atomic mass is 9.61. The largest absolute Gasteiger partial charge is 0.325 e. The van der Waals surface area contributed by atoms with E-state index in [0.29, 0.717) is 12.8 Å². The van der Waals surface area contributed by atoms with E-state index >= 15 is 0 Å². The van der Waals surface area contributed by atoms with Gasteiger partial charge in [-0.25, -0.2) is 9.59 Å². The summed E-state index contributed by atoms with van der Waals surface area (Å²) in [5.41, 5.74) is -3.18. The van der Waals surface area contributed by atoms with E-state index in [4.69, 9.17) is 0 Å². The van der Waals surface area contributed by atoms with Crippen molar-refractivity contribution in [3.63, 3.8) is 0 Å². The first kappa shape index (κ1) is 32.5. The van der Waals surface area contributed by atoms with Gasteiger partial charge in [-0.1, -0.05) is 53.7 Å². The fraction of sp³-hybridized carbons (Fsp3) is 0.812. The van der Waals surface area contributed by atoms with Gasteiger partial charge in [-0.05, 0) is 66.2 Å². The normalized spacial score (nSPS) is 44.1. The van der Waals surface area contributed by atoms with Crippen LogP contribution in [0.15, 0.2) is 12.2 Å².